The number of nitrogens with one attached hydrogen (secondary N) is 1. The van der Waals surface area contributed by atoms with Gasteiger partial charge < -0.3 is 24.3 Å². The molecule has 1 aliphatic rings. The number of nitrogens with zero attached hydrogens (tertiary/aromatic N) is 1. The molecule has 1 N–H and O–H groups in total. The summed E-state index contributed by atoms with van der Waals surface area (Å²) in [6.45, 7) is 3.81. The fourth-order valence-electron chi connectivity index (χ4n) is 3.98. The number of ether oxygens (including phenoxy) is 4. The number of rotatable bonds is 10. The minimum Gasteiger partial charge on any atom is -0.497 e. The number of likely N-dealkylation sites (tertiary alicyclic amines) is 1. The van der Waals surface area contributed by atoms with Crippen LogP contribution in [0.5, 0.6) is 23.0 Å². The topological polar surface area (TPSA) is 52.2 Å². The lowest BCUT2D eigenvalue weighted by atomic mass is 10.0. The normalized spacial score (nSPS) is 15.2. The summed E-state index contributed by atoms with van der Waals surface area (Å²) in [6.07, 6.45) is 2.52. The number of benzene rings is 2. The minimum atomic E-state index is 0.328. The number of hydrogen-bond donors (Lipinski definition) is 1. The minimum absolute atomic E-state index is 0.328. The van der Waals surface area contributed by atoms with E-state index in [1.807, 2.05) is 24.3 Å². The molecule has 2 aromatic rings. The molecule has 0 radical (unpaired) electrons. The highest BCUT2D eigenvalue weighted by Gasteiger charge is 2.23. The molecule has 0 amide bonds. The van der Waals surface area contributed by atoms with Gasteiger partial charge in [-0.2, -0.15) is 0 Å². The first-order valence-electron chi connectivity index (χ1n) is 10.1. The maximum Gasteiger partial charge on any atom is 0.203 e. The third-order valence-electron chi connectivity index (χ3n) is 5.52. The van der Waals surface area contributed by atoms with Crippen molar-refractivity contribution in [3.8, 4) is 23.0 Å². The highest BCUT2D eigenvalue weighted by Crippen LogP contribution is 2.39. The van der Waals surface area contributed by atoms with E-state index in [9.17, 15) is 0 Å². The molecule has 1 fully saturated rings. The molecule has 0 saturated carbocycles. The van der Waals surface area contributed by atoms with Crippen molar-refractivity contribution in [1.29, 1.82) is 0 Å². The molecule has 6 nitrogen and oxygen atoms in total. The van der Waals surface area contributed by atoms with E-state index in [-0.39, 0.29) is 0 Å². The van der Waals surface area contributed by atoms with Gasteiger partial charge in [-0.25, -0.2) is 0 Å². The molecule has 158 valence electrons. The van der Waals surface area contributed by atoms with Gasteiger partial charge in [0, 0.05) is 24.7 Å². The molecular formula is C23H32N2O4. The number of methoxy groups -OCH3 is 4. The first-order chi connectivity index (χ1) is 14.2. The Bertz CT molecular complexity index is 773. The summed E-state index contributed by atoms with van der Waals surface area (Å²) in [4.78, 5) is 2.56. The molecule has 1 atom stereocenters. The van der Waals surface area contributed by atoms with Crippen LogP contribution in [-0.4, -0.2) is 53.0 Å². The third-order valence-corrected chi connectivity index (χ3v) is 5.52. The predicted molar refractivity (Wildman–Crippen MR) is 114 cm³/mol. The lowest BCUT2D eigenvalue weighted by Gasteiger charge is -2.28. The lowest BCUT2D eigenvalue weighted by molar-refractivity contribution is 0.238. The van der Waals surface area contributed by atoms with E-state index in [0.717, 1.165) is 30.9 Å². The van der Waals surface area contributed by atoms with Gasteiger partial charge in [-0.15, -0.1) is 0 Å². The first kappa shape index (κ1) is 21.3. The first-order valence-corrected chi connectivity index (χ1v) is 10.1. The van der Waals surface area contributed by atoms with Gasteiger partial charge in [0.2, 0.25) is 5.75 Å². The fraction of sp³-hybridized carbons (Fsp3) is 0.478. The summed E-state index contributed by atoms with van der Waals surface area (Å²) in [5.74, 6) is 2.89. The molecule has 0 aliphatic carbocycles. The highest BCUT2D eigenvalue weighted by atomic mass is 16.5. The van der Waals surface area contributed by atoms with Crippen molar-refractivity contribution >= 4 is 0 Å². The molecule has 1 unspecified atom stereocenters. The Hall–Kier alpha value is -2.44. The van der Waals surface area contributed by atoms with Crippen LogP contribution in [0, 0.1) is 0 Å². The van der Waals surface area contributed by atoms with E-state index in [1.54, 1.807) is 28.4 Å². The summed E-state index contributed by atoms with van der Waals surface area (Å²) >= 11 is 0. The Balaban J connectivity index is 1.73. The van der Waals surface area contributed by atoms with E-state index in [0.29, 0.717) is 29.8 Å². The summed E-state index contributed by atoms with van der Waals surface area (Å²) in [5.41, 5.74) is 2.35. The summed E-state index contributed by atoms with van der Waals surface area (Å²) in [5, 5.41) is 3.62. The molecule has 6 heteroatoms. The van der Waals surface area contributed by atoms with Crippen molar-refractivity contribution < 1.29 is 18.9 Å². The summed E-state index contributed by atoms with van der Waals surface area (Å²) < 4.78 is 21.8. The average Bonchev–Trinajstić information content (AvgIpc) is 3.30. The van der Waals surface area contributed by atoms with Gasteiger partial charge in [0.05, 0.1) is 28.4 Å². The molecule has 1 heterocycles. The molecule has 0 bridgehead atoms. The maximum absolute atomic E-state index is 5.61. The Labute approximate surface area is 173 Å². The lowest BCUT2D eigenvalue weighted by Crippen LogP contribution is -2.34. The molecule has 0 aromatic heterocycles. The van der Waals surface area contributed by atoms with Gasteiger partial charge in [0.1, 0.15) is 5.75 Å². The van der Waals surface area contributed by atoms with Gasteiger partial charge in [-0.05, 0) is 49.7 Å². The third kappa shape index (κ3) is 4.95. The van der Waals surface area contributed by atoms with Crippen LogP contribution < -0.4 is 24.3 Å². The Kier molecular flexibility index (Phi) is 7.61. The maximum atomic E-state index is 5.61. The Morgan fingerprint density at radius 2 is 1.52 bits per heavy atom. The van der Waals surface area contributed by atoms with E-state index in [4.69, 9.17) is 18.9 Å². The average molecular weight is 401 g/mol. The largest absolute Gasteiger partial charge is 0.497 e. The van der Waals surface area contributed by atoms with E-state index < -0.39 is 0 Å². The summed E-state index contributed by atoms with van der Waals surface area (Å²) in [6, 6.07) is 12.7. The van der Waals surface area contributed by atoms with Crippen molar-refractivity contribution in [2.24, 2.45) is 0 Å². The van der Waals surface area contributed by atoms with E-state index in [2.05, 4.69) is 22.3 Å². The van der Waals surface area contributed by atoms with Crippen LogP contribution in [-0.2, 0) is 6.54 Å². The van der Waals surface area contributed by atoms with Gasteiger partial charge in [0.15, 0.2) is 11.5 Å². The quantitative estimate of drug-likeness (QED) is 0.657. The molecule has 0 spiro atoms. The van der Waals surface area contributed by atoms with Crippen LogP contribution in [0.1, 0.15) is 30.0 Å². The van der Waals surface area contributed by atoms with Crippen LogP contribution in [0.2, 0.25) is 0 Å². The standard InChI is InChI=1S/C23H32N2O4/c1-26-19-10-7-17(8-11-19)20(25-13-5-6-14-25)16-24-15-18-9-12-21(27-2)23(29-4)22(18)28-3/h7-12,20,24H,5-6,13-16H2,1-4H3. The smallest absolute Gasteiger partial charge is 0.203 e. The molecule has 1 aliphatic heterocycles. The fourth-order valence-corrected chi connectivity index (χ4v) is 3.98. The van der Waals surface area contributed by atoms with E-state index >= 15 is 0 Å². The Morgan fingerprint density at radius 1 is 0.828 bits per heavy atom. The SMILES string of the molecule is COc1ccc(C(CNCc2ccc(OC)c(OC)c2OC)N2CCCC2)cc1. The van der Waals surface area contributed by atoms with Crippen molar-refractivity contribution in [3.05, 3.63) is 47.5 Å². The van der Waals surface area contributed by atoms with E-state index in [1.165, 1.54) is 18.4 Å². The van der Waals surface area contributed by atoms with Crippen LogP contribution in [0.25, 0.3) is 0 Å². The van der Waals surface area contributed by atoms with Gasteiger partial charge in [-0.3, -0.25) is 4.90 Å². The van der Waals surface area contributed by atoms with Crippen molar-refractivity contribution in [3.63, 3.8) is 0 Å². The van der Waals surface area contributed by atoms with Crippen LogP contribution in [0.4, 0.5) is 0 Å². The Morgan fingerprint density at radius 3 is 2.10 bits per heavy atom. The van der Waals surface area contributed by atoms with Crippen molar-refractivity contribution in [2.45, 2.75) is 25.4 Å². The monoisotopic (exact) mass is 400 g/mol. The van der Waals surface area contributed by atoms with Crippen LogP contribution >= 0.6 is 0 Å². The molecule has 2 aromatic carbocycles. The second-order valence-corrected chi connectivity index (χ2v) is 7.16. The van der Waals surface area contributed by atoms with Gasteiger partial charge in [-0.1, -0.05) is 18.2 Å². The zero-order valence-electron chi connectivity index (χ0n) is 17.9. The highest BCUT2D eigenvalue weighted by molar-refractivity contribution is 5.55. The van der Waals surface area contributed by atoms with Crippen molar-refractivity contribution in [1.82, 2.24) is 10.2 Å². The number of hydrogen-bond acceptors (Lipinski definition) is 6. The zero-order chi connectivity index (χ0) is 20.6. The van der Waals surface area contributed by atoms with Gasteiger partial charge >= 0.3 is 0 Å². The molecule has 29 heavy (non-hydrogen) atoms. The molecule has 3 rings (SSSR count). The summed E-state index contributed by atoms with van der Waals surface area (Å²) in [7, 11) is 6.62. The second-order valence-electron chi connectivity index (χ2n) is 7.16. The van der Waals surface area contributed by atoms with Crippen molar-refractivity contribution in [2.75, 3.05) is 48.1 Å². The molecule has 1 saturated heterocycles. The van der Waals surface area contributed by atoms with Gasteiger partial charge in [0.25, 0.3) is 0 Å². The zero-order valence-corrected chi connectivity index (χ0v) is 17.9. The molecular weight excluding hydrogens is 368 g/mol. The predicted octanol–water partition coefficient (Wildman–Crippen LogP) is 3.65. The van der Waals surface area contributed by atoms with Crippen LogP contribution in [0.15, 0.2) is 36.4 Å². The second kappa shape index (κ2) is 10.4. The van der Waals surface area contributed by atoms with Crippen LogP contribution in [0.3, 0.4) is 0 Å².